The van der Waals surface area contributed by atoms with Crippen molar-refractivity contribution in [1.82, 2.24) is 15.5 Å². The number of nitrogens with one attached hydrogen (secondary N) is 1. The highest BCUT2D eigenvalue weighted by Gasteiger charge is 2.24. The SMILES string of the molecule is C=C/C(=C\NC(N)=NC(C)(C)c1ncccc1Cl)c1cc(C(N)=O)on1. The second-order valence-corrected chi connectivity index (χ2v) is 6.19. The Labute approximate surface area is 155 Å². The van der Waals surface area contributed by atoms with E-state index >= 15 is 0 Å². The molecule has 0 radical (unpaired) electrons. The van der Waals surface area contributed by atoms with Crippen molar-refractivity contribution in [2.45, 2.75) is 19.4 Å². The van der Waals surface area contributed by atoms with Crippen molar-refractivity contribution in [2.24, 2.45) is 16.5 Å². The topological polar surface area (TPSA) is 132 Å². The van der Waals surface area contributed by atoms with Gasteiger partial charge in [0.2, 0.25) is 5.76 Å². The number of rotatable bonds is 6. The second-order valence-electron chi connectivity index (χ2n) is 5.78. The van der Waals surface area contributed by atoms with E-state index in [0.717, 1.165) is 0 Å². The summed E-state index contributed by atoms with van der Waals surface area (Å²) >= 11 is 6.18. The van der Waals surface area contributed by atoms with Gasteiger partial charge in [0.05, 0.1) is 10.7 Å². The quantitative estimate of drug-likeness (QED) is 0.403. The van der Waals surface area contributed by atoms with Crippen LogP contribution in [0.5, 0.6) is 0 Å². The number of primary amides is 1. The van der Waals surface area contributed by atoms with Crippen LogP contribution in [-0.4, -0.2) is 22.0 Å². The first kappa shape index (κ1) is 19.2. The van der Waals surface area contributed by atoms with Gasteiger partial charge in [-0.15, -0.1) is 0 Å². The van der Waals surface area contributed by atoms with Crippen LogP contribution < -0.4 is 16.8 Å². The Bertz CT molecular complexity index is 885. The van der Waals surface area contributed by atoms with Crippen molar-refractivity contribution in [3.63, 3.8) is 0 Å². The number of pyridine rings is 1. The van der Waals surface area contributed by atoms with Gasteiger partial charge in [-0.25, -0.2) is 4.99 Å². The fraction of sp³-hybridized carbons (Fsp3) is 0.176. The van der Waals surface area contributed by atoms with E-state index in [-0.39, 0.29) is 11.7 Å². The molecule has 0 bridgehead atoms. The van der Waals surface area contributed by atoms with Gasteiger partial charge >= 0.3 is 0 Å². The molecule has 0 aromatic carbocycles. The number of nitrogens with zero attached hydrogens (tertiary/aromatic N) is 3. The molecule has 0 aliphatic heterocycles. The smallest absolute Gasteiger partial charge is 0.287 e. The minimum absolute atomic E-state index is 0.0553. The normalized spacial score (nSPS) is 12.7. The molecule has 0 atom stereocenters. The molecule has 9 heteroatoms. The van der Waals surface area contributed by atoms with Crippen molar-refractivity contribution >= 4 is 29.0 Å². The zero-order chi connectivity index (χ0) is 19.3. The highest BCUT2D eigenvalue weighted by Crippen LogP contribution is 2.28. The fourth-order valence-electron chi connectivity index (χ4n) is 2.14. The fourth-order valence-corrected chi connectivity index (χ4v) is 2.49. The summed E-state index contributed by atoms with van der Waals surface area (Å²) < 4.78 is 4.84. The standard InChI is InChI=1S/C17H19ClN6O2/c1-4-10(12-8-13(15(19)25)26-24-12)9-22-16(20)23-17(2,3)14-11(18)6-5-7-21-14/h4-9H,1H2,2-3H3,(H2,19,25)(H3,20,22,23)/b10-9+. The molecule has 2 heterocycles. The molecule has 0 fully saturated rings. The predicted molar refractivity (Wildman–Crippen MR) is 100 cm³/mol. The van der Waals surface area contributed by atoms with E-state index in [9.17, 15) is 4.79 Å². The summed E-state index contributed by atoms with van der Waals surface area (Å²) in [5.41, 5.74) is 11.9. The summed E-state index contributed by atoms with van der Waals surface area (Å²) in [4.78, 5) is 19.8. The van der Waals surface area contributed by atoms with Crippen LogP contribution in [0.3, 0.4) is 0 Å². The highest BCUT2D eigenvalue weighted by molar-refractivity contribution is 6.31. The van der Waals surface area contributed by atoms with Crippen LogP contribution in [0, 0.1) is 0 Å². The zero-order valence-corrected chi connectivity index (χ0v) is 15.1. The number of guanidine groups is 1. The number of amides is 1. The Morgan fingerprint density at radius 2 is 2.19 bits per heavy atom. The summed E-state index contributed by atoms with van der Waals surface area (Å²) in [6.45, 7) is 7.36. The van der Waals surface area contributed by atoms with Crippen molar-refractivity contribution in [3.8, 4) is 0 Å². The predicted octanol–water partition coefficient (Wildman–Crippen LogP) is 2.19. The van der Waals surface area contributed by atoms with Crippen LogP contribution in [0.25, 0.3) is 5.57 Å². The summed E-state index contributed by atoms with van der Waals surface area (Å²) in [7, 11) is 0. The number of halogens is 1. The molecule has 0 saturated carbocycles. The lowest BCUT2D eigenvalue weighted by atomic mass is 10.0. The molecular formula is C17H19ClN6O2. The van der Waals surface area contributed by atoms with Gasteiger partial charge in [-0.2, -0.15) is 0 Å². The third-order valence-electron chi connectivity index (χ3n) is 3.38. The third-order valence-corrected chi connectivity index (χ3v) is 3.69. The number of nitrogens with two attached hydrogens (primary N) is 2. The van der Waals surface area contributed by atoms with Crippen LogP contribution in [0.1, 0.15) is 35.8 Å². The number of aromatic nitrogens is 2. The van der Waals surface area contributed by atoms with Crippen LogP contribution >= 0.6 is 11.6 Å². The maximum absolute atomic E-state index is 11.1. The van der Waals surface area contributed by atoms with Gasteiger partial charge in [-0.3, -0.25) is 9.78 Å². The van der Waals surface area contributed by atoms with Gasteiger partial charge in [0.15, 0.2) is 5.96 Å². The lowest BCUT2D eigenvalue weighted by Gasteiger charge is -2.21. The lowest BCUT2D eigenvalue weighted by molar-refractivity contribution is 0.0965. The zero-order valence-electron chi connectivity index (χ0n) is 14.4. The van der Waals surface area contributed by atoms with Crippen molar-refractivity contribution in [3.05, 3.63) is 65.4 Å². The first-order valence-electron chi connectivity index (χ1n) is 7.57. The number of carbonyl (C=O) groups is 1. The van der Waals surface area contributed by atoms with Crippen molar-refractivity contribution in [2.75, 3.05) is 0 Å². The molecule has 1 amide bonds. The minimum atomic E-state index is -0.745. The largest absolute Gasteiger partial charge is 0.370 e. The first-order valence-corrected chi connectivity index (χ1v) is 7.94. The minimum Gasteiger partial charge on any atom is -0.370 e. The summed E-state index contributed by atoms with van der Waals surface area (Å²) in [5.74, 6) is -0.634. The van der Waals surface area contributed by atoms with Crippen LogP contribution in [0.2, 0.25) is 5.02 Å². The molecule has 2 aromatic heterocycles. The molecule has 2 aromatic rings. The van der Waals surface area contributed by atoms with Crippen molar-refractivity contribution < 1.29 is 9.32 Å². The summed E-state index contributed by atoms with van der Waals surface area (Å²) in [5, 5.41) is 7.10. The number of hydrogen-bond acceptors (Lipinski definition) is 5. The van der Waals surface area contributed by atoms with E-state index in [1.807, 2.05) is 13.8 Å². The van der Waals surface area contributed by atoms with Crippen LogP contribution in [-0.2, 0) is 5.54 Å². The first-order chi connectivity index (χ1) is 12.2. The highest BCUT2D eigenvalue weighted by atomic mass is 35.5. The molecule has 26 heavy (non-hydrogen) atoms. The molecule has 8 nitrogen and oxygen atoms in total. The van der Waals surface area contributed by atoms with Crippen molar-refractivity contribution in [1.29, 1.82) is 0 Å². The molecule has 136 valence electrons. The Kier molecular flexibility index (Phi) is 5.78. The van der Waals surface area contributed by atoms with Gasteiger partial charge in [0, 0.05) is 24.0 Å². The number of hydrogen-bond donors (Lipinski definition) is 3. The maximum Gasteiger partial charge on any atom is 0.287 e. The third kappa shape index (κ3) is 4.48. The van der Waals surface area contributed by atoms with Gasteiger partial charge in [0.1, 0.15) is 11.2 Å². The van der Waals surface area contributed by atoms with Crippen LogP contribution in [0.4, 0.5) is 0 Å². The summed E-state index contributed by atoms with van der Waals surface area (Å²) in [6.07, 6.45) is 4.69. The van der Waals surface area contributed by atoms with E-state index < -0.39 is 11.4 Å². The molecule has 0 spiro atoms. The average molecular weight is 375 g/mol. The maximum atomic E-state index is 11.1. The lowest BCUT2D eigenvalue weighted by Crippen LogP contribution is -2.32. The molecule has 2 rings (SSSR count). The Hall–Kier alpha value is -3.13. The second kappa shape index (κ2) is 7.83. The molecule has 0 unspecified atom stereocenters. The monoisotopic (exact) mass is 374 g/mol. The average Bonchev–Trinajstić information content (AvgIpc) is 3.05. The van der Waals surface area contributed by atoms with E-state index in [1.54, 1.807) is 18.3 Å². The molecular weight excluding hydrogens is 356 g/mol. The molecule has 0 aliphatic rings. The number of allylic oxidation sites excluding steroid dienone is 2. The van der Waals surface area contributed by atoms with Gasteiger partial charge < -0.3 is 21.3 Å². The Balaban J connectivity index is 2.21. The van der Waals surface area contributed by atoms with Crippen LogP contribution in [0.15, 0.2) is 52.8 Å². The molecule has 0 aliphatic carbocycles. The van der Waals surface area contributed by atoms with Gasteiger partial charge in [-0.05, 0) is 26.0 Å². The summed E-state index contributed by atoms with van der Waals surface area (Å²) in [6, 6.07) is 4.88. The van der Waals surface area contributed by atoms with E-state index in [1.165, 1.54) is 18.3 Å². The number of aliphatic imine (C=N–C) groups is 1. The van der Waals surface area contributed by atoms with E-state index in [2.05, 4.69) is 27.0 Å². The Morgan fingerprint density at radius 1 is 1.46 bits per heavy atom. The molecule has 5 N–H and O–H groups in total. The Morgan fingerprint density at radius 3 is 2.77 bits per heavy atom. The van der Waals surface area contributed by atoms with E-state index in [0.29, 0.717) is 22.0 Å². The van der Waals surface area contributed by atoms with Gasteiger partial charge in [-0.1, -0.05) is 29.4 Å². The van der Waals surface area contributed by atoms with Gasteiger partial charge in [0.25, 0.3) is 5.91 Å². The number of carbonyl (C=O) groups excluding carboxylic acids is 1. The molecule has 0 saturated heterocycles. The van der Waals surface area contributed by atoms with E-state index in [4.69, 9.17) is 27.6 Å².